The molecule has 2 aromatic rings. The van der Waals surface area contributed by atoms with Crippen LogP contribution in [0.1, 0.15) is 22.8 Å². The summed E-state index contributed by atoms with van der Waals surface area (Å²) in [4.78, 5) is 11.9. The summed E-state index contributed by atoms with van der Waals surface area (Å²) in [7, 11) is 0. The maximum atomic E-state index is 11.9. The lowest BCUT2D eigenvalue weighted by Gasteiger charge is -2.03. The summed E-state index contributed by atoms with van der Waals surface area (Å²) in [5.41, 5.74) is 1.19. The first-order valence-corrected chi connectivity index (χ1v) is 5.07. The molecule has 1 heterocycles. The third-order valence-corrected chi connectivity index (χ3v) is 2.19. The summed E-state index contributed by atoms with van der Waals surface area (Å²) < 4.78 is 5.30. The van der Waals surface area contributed by atoms with Gasteiger partial charge in [-0.15, -0.1) is 0 Å². The second-order valence-electron chi connectivity index (χ2n) is 3.27. The lowest BCUT2D eigenvalue weighted by Crippen LogP contribution is -1.99. The number of hydrogen-bond acceptors (Lipinski definition) is 3. The summed E-state index contributed by atoms with van der Waals surface area (Å²) in [6.45, 7) is 2.54. The average Bonchev–Trinajstić information content (AvgIpc) is 2.83. The number of aromatic nitrogens is 2. The number of ether oxygens (including phenoxy) is 1. The van der Waals surface area contributed by atoms with Gasteiger partial charge in [-0.1, -0.05) is 0 Å². The zero-order chi connectivity index (χ0) is 11.4. The molecule has 0 spiro atoms. The smallest absolute Gasteiger partial charge is 0.196 e. The van der Waals surface area contributed by atoms with Gasteiger partial charge in [-0.2, -0.15) is 5.10 Å². The summed E-state index contributed by atoms with van der Waals surface area (Å²) in [5, 5.41) is 6.36. The largest absolute Gasteiger partial charge is 0.494 e. The highest BCUT2D eigenvalue weighted by molar-refractivity contribution is 6.08. The Morgan fingerprint density at radius 1 is 1.31 bits per heavy atom. The molecule has 0 amide bonds. The Kier molecular flexibility index (Phi) is 3.00. The molecule has 0 unspecified atom stereocenters. The van der Waals surface area contributed by atoms with Crippen molar-refractivity contribution >= 4 is 5.78 Å². The number of aromatic amines is 1. The highest BCUT2D eigenvalue weighted by atomic mass is 16.5. The van der Waals surface area contributed by atoms with Gasteiger partial charge in [0.05, 0.1) is 18.4 Å². The van der Waals surface area contributed by atoms with Crippen LogP contribution in [0.25, 0.3) is 0 Å². The van der Waals surface area contributed by atoms with E-state index < -0.39 is 0 Å². The lowest BCUT2D eigenvalue weighted by molar-refractivity contribution is 0.103. The fourth-order valence-electron chi connectivity index (χ4n) is 1.41. The van der Waals surface area contributed by atoms with E-state index in [9.17, 15) is 4.79 Å². The first kappa shape index (κ1) is 10.4. The first-order valence-electron chi connectivity index (χ1n) is 5.07. The van der Waals surface area contributed by atoms with Gasteiger partial charge in [0.1, 0.15) is 5.75 Å². The van der Waals surface area contributed by atoms with Crippen molar-refractivity contribution < 1.29 is 9.53 Å². The normalized spacial score (nSPS) is 10.1. The standard InChI is InChI=1S/C12H12N2O2/c1-2-16-11-5-3-9(4-6-11)12(15)10-7-13-14-8-10/h3-8H,2H2,1H3,(H,13,14). The van der Waals surface area contributed by atoms with Crippen molar-refractivity contribution in [3.63, 3.8) is 0 Å². The van der Waals surface area contributed by atoms with Crippen molar-refractivity contribution in [2.24, 2.45) is 0 Å². The molecule has 0 bridgehead atoms. The van der Waals surface area contributed by atoms with E-state index in [1.807, 2.05) is 6.92 Å². The topological polar surface area (TPSA) is 55.0 Å². The number of nitrogens with zero attached hydrogens (tertiary/aromatic N) is 1. The Labute approximate surface area is 93.3 Å². The van der Waals surface area contributed by atoms with E-state index in [4.69, 9.17) is 4.74 Å². The van der Waals surface area contributed by atoms with Crippen molar-refractivity contribution in [1.29, 1.82) is 0 Å². The summed E-state index contributed by atoms with van der Waals surface area (Å²) in [6.07, 6.45) is 3.09. The predicted molar refractivity (Wildman–Crippen MR) is 59.6 cm³/mol. The van der Waals surface area contributed by atoms with Crippen LogP contribution >= 0.6 is 0 Å². The highest BCUT2D eigenvalue weighted by Crippen LogP contribution is 2.14. The number of ketones is 1. The van der Waals surface area contributed by atoms with E-state index in [-0.39, 0.29) is 5.78 Å². The number of rotatable bonds is 4. The third kappa shape index (κ3) is 2.11. The summed E-state index contributed by atoms with van der Waals surface area (Å²) in [5.74, 6) is 0.725. The Morgan fingerprint density at radius 2 is 2.06 bits per heavy atom. The van der Waals surface area contributed by atoms with E-state index in [2.05, 4.69) is 10.2 Å². The Hall–Kier alpha value is -2.10. The second kappa shape index (κ2) is 4.61. The van der Waals surface area contributed by atoms with E-state index in [1.54, 1.807) is 30.5 Å². The van der Waals surface area contributed by atoms with Crippen LogP contribution in [-0.4, -0.2) is 22.6 Å². The molecule has 1 aromatic carbocycles. The molecule has 2 rings (SSSR count). The van der Waals surface area contributed by atoms with Crippen molar-refractivity contribution in [3.05, 3.63) is 47.8 Å². The van der Waals surface area contributed by atoms with Crippen LogP contribution in [0.4, 0.5) is 0 Å². The molecule has 0 aliphatic carbocycles. The Morgan fingerprint density at radius 3 is 2.62 bits per heavy atom. The minimum atomic E-state index is -0.0446. The molecular formula is C12H12N2O2. The number of hydrogen-bond donors (Lipinski definition) is 1. The van der Waals surface area contributed by atoms with Gasteiger partial charge < -0.3 is 4.74 Å². The fourth-order valence-corrected chi connectivity index (χ4v) is 1.41. The number of carbonyl (C=O) groups is 1. The van der Waals surface area contributed by atoms with Crippen molar-refractivity contribution in [2.45, 2.75) is 6.92 Å². The van der Waals surface area contributed by atoms with Crippen LogP contribution in [0, 0.1) is 0 Å². The van der Waals surface area contributed by atoms with Gasteiger partial charge in [0.25, 0.3) is 0 Å². The minimum absolute atomic E-state index is 0.0446. The molecule has 0 fully saturated rings. The molecule has 1 aromatic heterocycles. The molecule has 4 nitrogen and oxygen atoms in total. The van der Waals surface area contributed by atoms with Crippen LogP contribution in [0.15, 0.2) is 36.7 Å². The van der Waals surface area contributed by atoms with Gasteiger partial charge in [0, 0.05) is 11.8 Å². The SMILES string of the molecule is CCOc1ccc(C(=O)c2cn[nH]c2)cc1. The van der Waals surface area contributed by atoms with Gasteiger partial charge in [-0.05, 0) is 31.2 Å². The molecule has 16 heavy (non-hydrogen) atoms. The zero-order valence-corrected chi connectivity index (χ0v) is 8.93. The van der Waals surface area contributed by atoms with E-state index in [1.165, 1.54) is 6.20 Å². The van der Waals surface area contributed by atoms with Crippen molar-refractivity contribution in [1.82, 2.24) is 10.2 Å². The van der Waals surface area contributed by atoms with Gasteiger partial charge in [-0.3, -0.25) is 9.89 Å². The molecule has 1 N–H and O–H groups in total. The lowest BCUT2D eigenvalue weighted by atomic mass is 10.1. The summed E-state index contributed by atoms with van der Waals surface area (Å²) >= 11 is 0. The van der Waals surface area contributed by atoms with E-state index in [0.717, 1.165) is 5.75 Å². The third-order valence-electron chi connectivity index (χ3n) is 2.19. The molecule has 0 saturated heterocycles. The number of carbonyl (C=O) groups excluding carboxylic acids is 1. The molecule has 82 valence electrons. The van der Waals surface area contributed by atoms with Gasteiger partial charge in [0.15, 0.2) is 5.78 Å². The Balaban J connectivity index is 2.19. The molecular weight excluding hydrogens is 204 g/mol. The molecule has 0 atom stereocenters. The maximum Gasteiger partial charge on any atom is 0.196 e. The van der Waals surface area contributed by atoms with E-state index in [0.29, 0.717) is 17.7 Å². The predicted octanol–water partition coefficient (Wildman–Crippen LogP) is 2.04. The molecule has 0 aliphatic heterocycles. The maximum absolute atomic E-state index is 11.9. The fraction of sp³-hybridized carbons (Fsp3) is 0.167. The van der Waals surface area contributed by atoms with Crippen LogP contribution in [-0.2, 0) is 0 Å². The van der Waals surface area contributed by atoms with Crippen LogP contribution in [0.2, 0.25) is 0 Å². The van der Waals surface area contributed by atoms with Gasteiger partial charge in [-0.25, -0.2) is 0 Å². The van der Waals surface area contributed by atoms with E-state index >= 15 is 0 Å². The number of benzene rings is 1. The van der Waals surface area contributed by atoms with Crippen molar-refractivity contribution in [3.8, 4) is 5.75 Å². The molecule has 4 heteroatoms. The quantitative estimate of drug-likeness (QED) is 0.796. The number of H-pyrrole nitrogens is 1. The van der Waals surface area contributed by atoms with Crippen LogP contribution in [0.3, 0.4) is 0 Å². The highest BCUT2D eigenvalue weighted by Gasteiger charge is 2.09. The molecule has 0 aliphatic rings. The van der Waals surface area contributed by atoms with Crippen LogP contribution < -0.4 is 4.74 Å². The molecule has 0 saturated carbocycles. The Bertz CT molecular complexity index is 460. The monoisotopic (exact) mass is 216 g/mol. The first-order chi connectivity index (χ1) is 7.81. The van der Waals surface area contributed by atoms with Crippen molar-refractivity contribution in [2.75, 3.05) is 6.61 Å². The second-order valence-corrected chi connectivity index (χ2v) is 3.27. The number of nitrogens with one attached hydrogen (secondary N) is 1. The zero-order valence-electron chi connectivity index (χ0n) is 8.93. The summed E-state index contributed by atoms with van der Waals surface area (Å²) in [6, 6.07) is 7.08. The van der Waals surface area contributed by atoms with Gasteiger partial charge >= 0.3 is 0 Å². The van der Waals surface area contributed by atoms with Gasteiger partial charge in [0.2, 0.25) is 0 Å². The molecule has 0 radical (unpaired) electrons. The average molecular weight is 216 g/mol. The minimum Gasteiger partial charge on any atom is -0.494 e. The van der Waals surface area contributed by atoms with Crippen LogP contribution in [0.5, 0.6) is 5.75 Å².